The van der Waals surface area contributed by atoms with Gasteiger partial charge in [-0.1, -0.05) is 6.07 Å². The third-order valence-electron chi connectivity index (χ3n) is 5.89. The summed E-state index contributed by atoms with van der Waals surface area (Å²) in [6.07, 6.45) is 3.74. The van der Waals surface area contributed by atoms with Crippen LogP contribution in [0.15, 0.2) is 30.6 Å². The van der Waals surface area contributed by atoms with Gasteiger partial charge in [-0.05, 0) is 37.6 Å². The Morgan fingerprint density at radius 3 is 3.00 bits per heavy atom. The molecule has 1 amide bonds. The number of aryl methyl sites for hydroxylation is 1. The van der Waals surface area contributed by atoms with E-state index in [0.29, 0.717) is 6.54 Å². The first-order valence-corrected chi connectivity index (χ1v) is 10.5. The third kappa shape index (κ3) is 3.40. The number of nitrogens with one attached hydrogen (secondary N) is 3. The fourth-order valence-corrected chi connectivity index (χ4v) is 4.31. The Labute approximate surface area is 179 Å². The maximum absolute atomic E-state index is 12.6. The van der Waals surface area contributed by atoms with E-state index >= 15 is 0 Å². The van der Waals surface area contributed by atoms with E-state index < -0.39 is 0 Å². The highest BCUT2D eigenvalue weighted by atomic mass is 16.2. The van der Waals surface area contributed by atoms with Gasteiger partial charge < -0.3 is 25.1 Å². The van der Waals surface area contributed by atoms with Crippen molar-refractivity contribution in [1.29, 1.82) is 0 Å². The standard InChI is InChI=1S/C22H26N8O/c1-23-21-18-19(30(3)12-25-18)14-10-17(27-20(14)28-21)15-7-4-6-13(26-15)11-29(2)22(31)16-8-5-9-24-16/h4,6-7,10,12,16,24H,5,8-9,11H2,1-3H3,(H2,23,27,28)/t16-/m1/s1. The Morgan fingerprint density at radius 1 is 1.35 bits per heavy atom. The van der Waals surface area contributed by atoms with Gasteiger partial charge in [0.2, 0.25) is 5.91 Å². The minimum atomic E-state index is -0.0735. The fraction of sp³-hybridized carbons (Fsp3) is 0.364. The summed E-state index contributed by atoms with van der Waals surface area (Å²) < 4.78 is 2.00. The second-order valence-corrected chi connectivity index (χ2v) is 8.07. The van der Waals surface area contributed by atoms with Gasteiger partial charge in [-0.3, -0.25) is 4.79 Å². The largest absolute Gasteiger partial charge is 0.371 e. The van der Waals surface area contributed by atoms with Crippen molar-refractivity contribution in [2.45, 2.75) is 25.4 Å². The van der Waals surface area contributed by atoms with Crippen LogP contribution < -0.4 is 10.6 Å². The zero-order valence-electron chi connectivity index (χ0n) is 17.9. The number of carbonyl (C=O) groups is 1. The van der Waals surface area contributed by atoms with Crippen molar-refractivity contribution in [2.75, 3.05) is 26.0 Å². The van der Waals surface area contributed by atoms with Crippen molar-refractivity contribution in [1.82, 2.24) is 34.7 Å². The summed E-state index contributed by atoms with van der Waals surface area (Å²) >= 11 is 0. The number of fused-ring (bicyclic) bond motifs is 3. The Bertz CT molecular complexity index is 1270. The lowest BCUT2D eigenvalue weighted by Gasteiger charge is -2.21. The van der Waals surface area contributed by atoms with Crippen LogP contribution in [0.3, 0.4) is 0 Å². The molecule has 0 saturated carbocycles. The molecule has 4 aromatic rings. The summed E-state index contributed by atoms with van der Waals surface area (Å²) in [5.74, 6) is 0.858. The predicted molar refractivity (Wildman–Crippen MR) is 121 cm³/mol. The van der Waals surface area contributed by atoms with Crippen LogP contribution >= 0.6 is 0 Å². The zero-order valence-corrected chi connectivity index (χ0v) is 17.9. The molecule has 0 aromatic carbocycles. The fourth-order valence-electron chi connectivity index (χ4n) is 4.31. The van der Waals surface area contributed by atoms with Gasteiger partial charge >= 0.3 is 0 Å². The second-order valence-electron chi connectivity index (χ2n) is 8.07. The first-order chi connectivity index (χ1) is 15.0. The molecule has 0 radical (unpaired) electrons. The Morgan fingerprint density at radius 2 is 2.23 bits per heavy atom. The van der Waals surface area contributed by atoms with Crippen molar-refractivity contribution >= 4 is 33.8 Å². The molecule has 3 N–H and O–H groups in total. The summed E-state index contributed by atoms with van der Waals surface area (Å²) in [5.41, 5.74) is 5.18. The molecule has 5 rings (SSSR count). The van der Waals surface area contributed by atoms with Gasteiger partial charge in [0.05, 0.1) is 41.5 Å². The highest BCUT2D eigenvalue weighted by Gasteiger charge is 2.25. The topological polar surface area (TPSA) is 104 Å². The first kappa shape index (κ1) is 19.5. The molecule has 9 nitrogen and oxygen atoms in total. The zero-order chi connectivity index (χ0) is 21.5. The van der Waals surface area contributed by atoms with Crippen LogP contribution in [-0.2, 0) is 18.4 Å². The Hall–Kier alpha value is -3.46. The average Bonchev–Trinajstić information content (AvgIpc) is 3.52. The van der Waals surface area contributed by atoms with E-state index in [1.807, 2.05) is 43.9 Å². The number of pyridine rings is 2. The van der Waals surface area contributed by atoms with Crippen LogP contribution in [0.5, 0.6) is 0 Å². The Balaban J connectivity index is 1.47. The van der Waals surface area contributed by atoms with Crippen molar-refractivity contribution in [2.24, 2.45) is 7.05 Å². The van der Waals surface area contributed by atoms with Crippen molar-refractivity contribution in [3.05, 3.63) is 36.3 Å². The summed E-state index contributed by atoms with van der Waals surface area (Å²) in [6, 6.07) is 7.88. The maximum Gasteiger partial charge on any atom is 0.239 e. The molecule has 0 spiro atoms. The number of rotatable bonds is 5. The summed E-state index contributed by atoms with van der Waals surface area (Å²) in [6.45, 7) is 1.38. The van der Waals surface area contributed by atoms with E-state index in [1.165, 1.54) is 0 Å². The molecular weight excluding hydrogens is 392 g/mol. The first-order valence-electron chi connectivity index (χ1n) is 10.5. The molecule has 0 aliphatic carbocycles. The quantitative estimate of drug-likeness (QED) is 0.459. The number of hydrogen-bond acceptors (Lipinski definition) is 6. The number of aromatic amines is 1. The molecule has 0 unspecified atom stereocenters. The molecular formula is C22H26N8O. The van der Waals surface area contributed by atoms with E-state index in [-0.39, 0.29) is 11.9 Å². The second kappa shape index (κ2) is 7.66. The van der Waals surface area contributed by atoms with Crippen molar-refractivity contribution in [3.8, 4) is 11.4 Å². The van der Waals surface area contributed by atoms with Gasteiger partial charge in [-0.25, -0.2) is 15.0 Å². The molecule has 1 fully saturated rings. The molecule has 4 aromatic heterocycles. The molecule has 1 atom stereocenters. The molecule has 1 aliphatic rings. The summed E-state index contributed by atoms with van der Waals surface area (Å²) in [5, 5.41) is 7.39. The van der Waals surface area contributed by atoms with E-state index in [0.717, 1.165) is 64.4 Å². The highest BCUT2D eigenvalue weighted by molar-refractivity contribution is 6.07. The van der Waals surface area contributed by atoms with Crippen LogP contribution in [0.4, 0.5) is 5.82 Å². The monoisotopic (exact) mass is 418 g/mol. The van der Waals surface area contributed by atoms with E-state index in [9.17, 15) is 4.79 Å². The van der Waals surface area contributed by atoms with E-state index in [2.05, 4.69) is 31.7 Å². The van der Waals surface area contributed by atoms with Crippen LogP contribution in [0.1, 0.15) is 18.5 Å². The lowest BCUT2D eigenvalue weighted by molar-refractivity contribution is -0.132. The number of aromatic nitrogens is 5. The van der Waals surface area contributed by atoms with Crippen LogP contribution in [-0.4, -0.2) is 62.0 Å². The maximum atomic E-state index is 12.6. The molecule has 160 valence electrons. The highest BCUT2D eigenvalue weighted by Crippen LogP contribution is 2.31. The molecule has 1 aliphatic heterocycles. The third-order valence-corrected chi connectivity index (χ3v) is 5.89. The minimum Gasteiger partial charge on any atom is -0.371 e. The number of amides is 1. The molecule has 31 heavy (non-hydrogen) atoms. The van der Waals surface area contributed by atoms with Gasteiger partial charge in [0, 0.05) is 26.5 Å². The van der Waals surface area contributed by atoms with Crippen molar-refractivity contribution in [3.63, 3.8) is 0 Å². The van der Waals surface area contributed by atoms with Crippen LogP contribution in [0.2, 0.25) is 0 Å². The number of H-pyrrole nitrogens is 1. The smallest absolute Gasteiger partial charge is 0.239 e. The normalized spacial score (nSPS) is 16.3. The van der Waals surface area contributed by atoms with Gasteiger partial charge in [-0.15, -0.1) is 0 Å². The van der Waals surface area contributed by atoms with Crippen molar-refractivity contribution < 1.29 is 4.79 Å². The number of carbonyl (C=O) groups excluding carboxylic acids is 1. The van der Waals surface area contributed by atoms with E-state index in [1.54, 1.807) is 11.2 Å². The molecule has 1 saturated heterocycles. The number of imidazole rings is 1. The van der Waals surface area contributed by atoms with Gasteiger partial charge in [0.15, 0.2) is 5.82 Å². The molecule has 9 heteroatoms. The van der Waals surface area contributed by atoms with Crippen LogP contribution in [0, 0.1) is 0 Å². The lowest BCUT2D eigenvalue weighted by atomic mass is 10.2. The lowest BCUT2D eigenvalue weighted by Crippen LogP contribution is -2.41. The predicted octanol–water partition coefficient (Wildman–Crippen LogP) is 2.26. The number of likely N-dealkylation sites (N-methyl/N-ethyl adjacent to an activating group) is 1. The summed E-state index contributed by atoms with van der Waals surface area (Å²) in [7, 11) is 5.66. The minimum absolute atomic E-state index is 0.0735. The SMILES string of the molecule is CNc1nc2[nH]c(-c3cccc(CN(C)C(=O)[C@H]4CCCN4)n3)cc2c2c1ncn2C. The van der Waals surface area contributed by atoms with E-state index in [4.69, 9.17) is 4.98 Å². The number of hydrogen-bond donors (Lipinski definition) is 3. The number of anilines is 1. The van der Waals surface area contributed by atoms with Gasteiger partial charge in [-0.2, -0.15) is 0 Å². The number of nitrogens with zero attached hydrogens (tertiary/aromatic N) is 5. The van der Waals surface area contributed by atoms with Gasteiger partial charge in [0.25, 0.3) is 0 Å². The summed E-state index contributed by atoms with van der Waals surface area (Å²) in [4.78, 5) is 31.7. The van der Waals surface area contributed by atoms with Gasteiger partial charge in [0.1, 0.15) is 11.2 Å². The van der Waals surface area contributed by atoms with Crippen LogP contribution in [0.25, 0.3) is 33.5 Å². The molecule has 0 bridgehead atoms. The average molecular weight is 419 g/mol. The Kier molecular flexibility index (Phi) is 4.82. The molecule has 5 heterocycles.